The van der Waals surface area contributed by atoms with Crippen LogP contribution in [0.15, 0.2) is 18.3 Å². The summed E-state index contributed by atoms with van der Waals surface area (Å²) < 4.78 is 25.5. The number of rotatable bonds is 9. The van der Waals surface area contributed by atoms with Crippen molar-refractivity contribution in [1.29, 1.82) is 0 Å². The molecule has 5 rings (SSSR count). The number of halogens is 1. The lowest BCUT2D eigenvalue weighted by Crippen LogP contribution is -2.37. The standard InChI is InChI=1S/C26H32FN7O5/c1-14(33(2)3)24(36)30-17-8-16-6-15(7-19(16)20(27)9-17)10-28-5-4-18-12-34(26(37)39-18)21-11-29-25-23(31-21)32-22(35)13-38-25/h8-9,11,14-15,18,28H,4-7,10,12-13H2,1-3H3,(H,30,36)(H,31,32,35)/t14-,15?,18+/m1/s1. The first-order valence-corrected chi connectivity index (χ1v) is 12.9. The Labute approximate surface area is 225 Å². The first kappa shape index (κ1) is 26.8. The highest BCUT2D eigenvalue weighted by Gasteiger charge is 2.34. The average Bonchev–Trinajstić information content (AvgIpc) is 3.48. The minimum absolute atomic E-state index is 0.126. The molecule has 0 saturated carbocycles. The number of anilines is 3. The third kappa shape index (κ3) is 5.93. The largest absolute Gasteiger partial charge is 0.465 e. The van der Waals surface area contributed by atoms with E-state index in [-0.39, 0.29) is 59.8 Å². The van der Waals surface area contributed by atoms with E-state index < -0.39 is 6.09 Å². The zero-order chi connectivity index (χ0) is 27.7. The number of cyclic esters (lactones) is 1. The van der Waals surface area contributed by atoms with Gasteiger partial charge in [-0.1, -0.05) is 0 Å². The molecule has 3 N–H and O–H groups in total. The fourth-order valence-electron chi connectivity index (χ4n) is 4.89. The molecule has 12 nitrogen and oxygen atoms in total. The van der Waals surface area contributed by atoms with Gasteiger partial charge in [-0.3, -0.25) is 19.4 Å². The van der Waals surface area contributed by atoms with E-state index >= 15 is 0 Å². The highest BCUT2D eigenvalue weighted by Crippen LogP contribution is 2.32. The minimum atomic E-state index is -0.526. The molecule has 1 aromatic heterocycles. The van der Waals surface area contributed by atoms with E-state index in [0.29, 0.717) is 43.7 Å². The fraction of sp³-hybridized carbons (Fsp3) is 0.500. The Morgan fingerprint density at radius 1 is 1.31 bits per heavy atom. The van der Waals surface area contributed by atoms with E-state index in [0.717, 1.165) is 12.0 Å². The van der Waals surface area contributed by atoms with Crippen molar-refractivity contribution in [2.24, 2.45) is 5.92 Å². The predicted octanol–water partition coefficient (Wildman–Crippen LogP) is 1.56. The Hall–Kier alpha value is -3.84. The molecule has 2 aliphatic heterocycles. The summed E-state index contributed by atoms with van der Waals surface area (Å²) in [5.41, 5.74) is 2.10. The molecule has 3 atom stereocenters. The molecule has 208 valence electrons. The van der Waals surface area contributed by atoms with Crippen LogP contribution >= 0.6 is 0 Å². The summed E-state index contributed by atoms with van der Waals surface area (Å²) in [7, 11) is 3.64. The van der Waals surface area contributed by atoms with Gasteiger partial charge in [0.25, 0.3) is 11.8 Å². The molecule has 1 fully saturated rings. The summed E-state index contributed by atoms with van der Waals surface area (Å²) >= 11 is 0. The third-order valence-corrected chi connectivity index (χ3v) is 7.26. The Kier molecular flexibility index (Phi) is 7.62. The van der Waals surface area contributed by atoms with E-state index in [9.17, 15) is 18.8 Å². The van der Waals surface area contributed by atoms with Gasteiger partial charge < -0.3 is 25.4 Å². The number of fused-ring (bicyclic) bond motifs is 2. The summed E-state index contributed by atoms with van der Waals surface area (Å²) in [4.78, 5) is 47.9. The highest BCUT2D eigenvalue weighted by molar-refractivity contribution is 5.95. The second-order valence-electron chi connectivity index (χ2n) is 10.3. The maximum atomic E-state index is 14.8. The van der Waals surface area contributed by atoms with Crippen molar-refractivity contribution >= 4 is 35.2 Å². The zero-order valence-corrected chi connectivity index (χ0v) is 22.1. The number of amides is 3. The summed E-state index contributed by atoms with van der Waals surface area (Å²) in [5, 5.41) is 8.79. The van der Waals surface area contributed by atoms with Crippen LogP contribution in [0.1, 0.15) is 24.5 Å². The topological polar surface area (TPSA) is 138 Å². The molecule has 0 radical (unpaired) electrons. The molecule has 39 heavy (non-hydrogen) atoms. The number of carbonyl (C=O) groups excluding carboxylic acids is 3. The molecule has 1 aromatic carbocycles. The van der Waals surface area contributed by atoms with Gasteiger partial charge in [-0.05, 0) is 82.5 Å². The molecule has 3 heterocycles. The van der Waals surface area contributed by atoms with E-state index in [4.69, 9.17) is 9.47 Å². The maximum Gasteiger partial charge on any atom is 0.415 e. The van der Waals surface area contributed by atoms with E-state index in [1.165, 1.54) is 17.2 Å². The van der Waals surface area contributed by atoms with Gasteiger partial charge in [0, 0.05) is 5.69 Å². The molecule has 3 amide bonds. The minimum Gasteiger partial charge on any atom is -0.465 e. The number of carbonyl (C=O) groups is 3. The smallest absolute Gasteiger partial charge is 0.415 e. The van der Waals surface area contributed by atoms with Gasteiger partial charge >= 0.3 is 6.09 Å². The van der Waals surface area contributed by atoms with Crippen molar-refractivity contribution in [1.82, 2.24) is 20.2 Å². The second kappa shape index (κ2) is 11.1. The van der Waals surface area contributed by atoms with Crippen molar-refractivity contribution in [3.05, 3.63) is 35.3 Å². The lowest BCUT2D eigenvalue weighted by molar-refractivity contribution is -0.120. The van der Waals surface area contributed by atoms with Gasteiger partial charge in [0.1, 0.15) is 11.9 Å². The molecule has 3 aliphatic rings. The number of nitrogens with one attached hydrogen (secondary N) is 3. The van der Waals surface area contributed by atoms with Gasteiger partial charge in [0.2, 0.25) is 5.91 Å². The van der Waals surface area contributed by atoms with Crippen LogP contribution in [0.5, 0.6) is 5.88 Å². The predicted molar refractivity (Wildman–Crippen MR) is 140 cm³/mol. The molecule has 0 spiro atoms. The number of hydrogen-bond acceptors (Lipinski definition) is 9. The second-order valence-corrected chi connectivity index (χ2v) is 10.3. The lowest BCUT2D eigenvalue weighted by atomic mass is 10.1. The van der Waals surface area contributed by atoms with Crippen LogP contribution in [0.3, 0.4) is 0 Å². The Morgan fingerprint density at radius 3 is 2.92 bits per heavy atom. The van der Waals surface area contributed by atoms with Crippen LogP contribution in [0.2, 0.25) is 0 Å². The van der Waals surface area contributed by atoms with Crippen LogP contribution in [-0.2, 0) is 27.2 Å². The third-order valence-electron chi connectivity index (χ3n) is 7.26. The molecule has 13 heteroatoms. The molecule has 0 bridgehead atoms. The molecule has 1 aliphatic carbocycles. The van der Waals surface area contributed by atoms with Crippen LogP contribution in [0.4, 0.5) is 26.5 Å². The van der Waals surface area contributed by atoms with Crippen LogP contribution in [0.25, 0.3) is 0 Å². The highest BCUT2D eigenvalue weighted by atomic mass is 19.1. The van der Waals surface area contributed by atoms with Gasteiger partial charge in [0.15, 0.2) is 18.2 Å². The molecule has 1 unspecified atom stereocenters. The number of aromatic nitrogens is 2. The quantitative estimate of drug-likeness (QED) is 0.404. The summed E-state index contributed by atoms with van der Waals surface area (Å²) in [6.45, 7) is 3.28. The summed E-state index contributed by atoms with van der Waals surface area (Å²) in [5.74, 6) is 0.0773. The van der Waals surface area contributed by atoms with Gasteiger partial charge in [-0.15, -0.1) is 0 Å². The van der Waals surface area contributed by atoms with Crippen molar-refractivity contribution in [3.8, 4) is 5.88 Å². The normalized spacial score (nSPS) is 20.7. The van der Waals surface area contributed by atoms with Crippen LogP contribution in [-0.4, -0.2) is 85.3 Å². The molecular weight excluding hydrogens is 509 g/mol. The zero-order valence-electron chi connectivity index (χ0n) is 22.1. The summed E-state index contributed by atoms with van der Waals surface area (Å²) in [6.07, 6.45) is 2.49. The van der Waals surface area contributed by atoms with Crippen molar-refractivity contribution < 1.29 is 28.2 Å². The average molecular weight is 542 g/mol. The van der Waals surface area contributed by atoms with E-state index in [1.807, 2.05) is 20.2 Å². The van der Waals surface area contributed by atoms with Gasteiger partial charge in [0.05, 0.1) is 18.8 Å². The monoisotopic (exact) mass is 541 g/mol. The molecule has 2 aromatic rings. The van der Waals surface area contributed by atoms with E-state index in [2.05, 4.69) is 25.9 Å². The lowest BCUT2D eigenvalue weighted by Gasteiger charge is -2.19. The maximum absolute atomic E-state index is 14.8. The molecule has 1 saturated heterocycles. The molecular formula is C26H32FN7O5. The van der Waals surface area contributed by atoms with E-state index in [1.54, 1.807) is 11.8 Å². The van der Waals surface area contributed by atoms with Crippen LogP contribution < -0.4 is 25.6 Å². The first-order chi connectivity index (χ1) is 18.7. The van der Waals surface area contributed by atoms with Gasteiger partial charge in [-0.2, -0.15) is 0 Å². The number of nitrogens with zero attached hydrogens (tertiary/aromatic N) is 4. The van der Waals surface area contributed by atoms with Crippen molar-refractivity contribution in [2.45, 2.75) is 38.3 Å². The first-order valence-electron chi connectivity index (χ1n) is 12.9. The Balaban J connectivity index is 1.08. The van der Waals surface area contributed by atoms with Crippen molar-refractivity contribution in [2.75, 3.05) is 55.9 Å². The van der Waals surface area contributed by atoms with Crippen molar-refractivity contribution in [3.63, 3.8) is 0 Å². The van der Waals surface area contributed by atoms with Crippen LogP contribution in [0, 0.1) is 11.7 Å². The van der Waals surface area contributed by atoms with Gasteiger partial charge in [-0.25, -0.2) is 19.2 Å². The number of ether oxygens (including phenoxy) is 2. The number of hydrogen-bond donors (Lipinski definition) is 3. The number of benzene rings is 1. The number of likely N-dealkylation sites (N-methyl/N-ethyl adjacent to an activating group) is 1. The Morgan fingerprint density at radius 2 is 2.13 bits per heavy atom. The SMILES string of the molecule is C[C@H](C(=O)Nc1cc(F)c2c(c1)CC(CNCC[C@H]1CN(c3cnc4c(n3)NC(=O)CO4)C(=O)O1)C2)N(C)C. The fourth-order valence-corrected chi connectivity index (χ4v) is 4.89. The Bertz CT molecular complexity index is 1290. The summed E-state index contributed by atoms with van der Waals surface area (Å²) in [6, 6.07) is 2.93.